The van der Waals surface area contributed by atoms with Gasteiger partial charge in [-0.25, -0.2) is 0 Å². The van der Waals surface area contributed by atoms with E-state index in [4.69, 9.17) is 19.5 Å². The van der Waals surface area contributed by atoms with Gasteiger partial charge in [0.15, 0.2) is 0 Å². The van der Waals surface area contributed by atoms with Crippen molar-refractivity contribution in [1.82, 2.24) is 5.32 Å². The molecular formula is C21H22N2O3. The third kappa shape index (κ3) is 3.79. The van der Waals surface area contributed by atoms with Gasteiger partial charge in [-0.15, -0.1) is 0 Å². The van der Waals surface area contributed by atoms with Crippen LogP contribution < -0.4 is 5.32 Å². The van der Waals surface area contributed by atoms with Gasteiger partial charge < -0.3 is 19.5 Å². The van der Waals surface area contributed by atoms with Gasteiger partial charge in [0, 0.05) is 6.54 Å². The molecule has 134 valence electrons. The summed E-state index contributed by atoms with van der Waals surface area (Å²) in [5.41, 5.74) is 2.92. The first-order valence-corrected chi connectivity index (χ1v) is 8.94. The molecule has 0 saturated carbocycles. The number of ether oxygens (including phenoxy) is 3. The zero-order chi connectivity index (χ0) is 17.8. The zero-order valence-electron chi connectivity index (χ0n) is 14.5. The predicted octanol–water partition coefficient (Wildman–Crippen LogP) is 2.40. The number of hydrogen-bond acceptors (Lipinski definition) is 5. The van der Waals surface area contributed by atoms with Crippen molar-refractivity contribution in [2.24, 2.45) is 0 Å². The van der Waals surface area contributed by atoms with Crippen molar-refractivity contribution in [2.45, 2.75) is 37.5 Å². The van der Waals surface area contributed by atoms with Crippen LogP contribution >= 0.6 is 0 Å². The molecule has 2 fully saturated rings. The van der Waals surface area contributed by atoms with Crippen LogP contribution in [-0.2, 0) is 27.4 Å². The second-order valence-electron chi connectivity index (χ2n) is 6.73. The summed E-state index contributed by atoms with van der Waals surface area (Å²) in [6.45, 7) is 2.43. The molecule has 5 nitrogen and oxygen atoms in total. The molecule has 2 aromatic rings. The van der Waals surface area contributed by atoms with Crippen LogP contribution in [0.5, 0.6) is 0 Å². The summed E-state index contributed by atoms with van der Waals surface area (Å²) < 4.78 is 17.9. The van der Waals surface area contributed by atoms with Gasteiger partial charge in [-0.2, -0.15) is 5.26 Å². The number of hydrogen-bond donors (Lipinski definition) is 1. The molecule has 4 unspecified atom stereocenters. The number of nitrogens with zero attached hydrogens (tertiary/aromatic N) is 1. The summed E-state index contributed by atoms with van der Waals surface area (Å²) in [6, 6.07) is 20.1. The molecule has 2 aliphatic rings. The lowest BCUT2D eigenvalue weighted by atomic mass is 10.1. The quantitative estimate of drug-likeness (QED) is 0.867. The maximum absolute atomic E-state index is 9.00. The third-order valence-corrected chi connectivity index (χ3v) is 4.94. The molecule has 4 rings (SSSR count). The van der Waals surface area contributed by atoms with Gasteiger partial charge in [-0.1, -0.05) is 42.5 Å². The molecule has 4 atom stereocenters. The second kappa shape index (κ2) is 7.98. The largest absolute Gasteiger partial charge is 0.371 e. The molecule has 1 N–H and O–H groups in total. The topological polar surface area (TPSA) is 63.5 Å². The Morgan fingerprint density at radius 2 is 1.81 bits per heavy atom. The molecule has 0 radical (unpaired) electrons. The number of nitrogens with one attached hydrogen (secondary N) is 1. The van der Waals surface area contributed by atoms with E-state index in [1.165, 1.54) is 0 Å². The number of nitriles is 1. The summed E-state index contributed by atoms with van der Waals surface area (Å²) in [5, 5.41) is 12.5. The average molecular weight is 350 g/mol. The van der Waals surface area contributed by atoms with Crippen molar-refractivity contribution in [2.75, 3.05) is 13.2 Å². The van der Waals surface area contributed by atoms with Crippen LogP contribution in [0.4, 0.5) is 0 Å². The lowest BCUT2D eigenvalue weighted by Crippen LogP contribution is -2.41. The van der Waals surface area contributed by atoms with E-state index >= 15 is 0 Å². The van der Waals surface area contributed by atoms with E-state index in [-0.39, 0.29) is 24.4 Å². The average Bonchev–Trinajstić information content (AvgIpc) is 3.28. The number of benzene rings is 2. The van der Waals surface area contributed by atoms with Gasteiger partial charge in [0.2, 0.25) is 0 Å². The van der Waals surface area contributed by atoms with Gasteiger partial charge in [0.25, 0.3) is 0 Å². The molecular weight excluding hydrogens is 328 g/mol. The Kier molecular flexibility index (Phi) is 5.28. The Morgan fingerprint density at radius 1 is 1.00 bits per heavy atom. The normalized spacial score (nSPS) is 27.2. The Bertz CT molecular complexity index is 774. The number of rotatable bonds is 6. The Hall–Kier alpha value is -2.23. The second-order valence-corrected chi connectivity index (χ2v) is 6.73. The Morgan fingerprint density at radius 3 is 2.65 bits per heavy atom. The Balaban J connectivity index is 1.30. The van der Waals surface area contributed by atoms with E-state index in [9.17, 15) is 0 Å². The van der Waals surface area contributed by atoms with Crippen LogP contribution in [0.3, 0.4) is 0 Å². The Labute approximate surface area is 153 Å². The van der Waals surface area contributed by atoms with Crippen LogP contribution in [0.15, 0.2) is 54.6 Å². The molecule has 2 saturated heterocycles. The van der Waals surface area contributed by atoms with Crippen molar-refractivity contribution in [3.8, 4) is 6.07 Å². The van der Waals surface area contributed by atoms with Crippen LogP contribution in [0.1, 0.15) is 16.7 Å². The van der Waals surface area contributed by atoms with E-state index in [2.05, 4.69) is 23.5 Å². The zero-order valence-corrected chi connectivity index (χ0v) is 14.5. The highest BCUT2D eigenvalue weighted by molar-refractivity contribution is 5.32. The first-order chi connectivity index (χ1) is 12.8. The van der Waals surface area contributed by atoms with E-state index in [1.54, 1.807) is 0 Å². The number of fused-ring (bicyclic) bond motifs is 1. The minimum absolute atomic E-state index is 0.00919. The van der Waals surface area contributed by atoms with Crippen LogP contribution in [0.2, 0.25) is 0 Å². The van der Waals surface area contributed by atoms with Crippen molar-refractivity contribution < 1.29 is 14.2 Å². The van der Waals surface area contributed by atoms with Crippen LogP contribution in [-0.4, -0.2) is 37.6 Å². The van der Waals surface area contributed by atoms with E-state index in [0.29, 0.717) is 31.9 Å². The van der Waals surface area contributed by atoms with E-state index in [1.807, 2.05) is 42.5 Å². The monoisotopic (exact) mass is 350 g/mol. The lowest BCUT2D eigenvalue weighted by Gasteiger charge is -2.18. The summed E-state index contributed by atoms with van der Waals surface area (Å²) in [5.74, 6) is 0. The summed E-state index contributed by atoms with van der Waals surface area (Å²) in [7, 11) is 0. The first-order valence-electron chi connectivity index (χ1n) is 8.94. The molecule has 5 heteroatoms. The highest BCUT2D eigenvalue weighted by Gasteiger charge is 2.48. The molecule has 2 aliphatic heterocycles. The molecule has 26 heavy (non-hydrogen) atoms. The van der Waals surface area contributed by atoms with Crippen molar-refractivity contribution in [1.29, 1.82) is 5.26 Å². The summed E-state index contributed by atoms with van der Waals surface area (Å²) >= 11 is 0. The SMILES string of the molecule is N#Cc1cccc(CNC2COC3C(OCc4ccccc4)COC23)c1. The fraction of sp³-hybridized carbons (Fsp3) is 0.381. The van der Waals surface area contributed by atoms with E-state index < -0.39 is 0 Å². The predicted molar refractivity (Wildman–Crippen MR) is 96.3 cm³/mol. The van der Waals surface area contributed by atoms with Gasteiger partial charge in [0.05, 0.1) is 37.5 Å². The van der Waals surface area contributed by atoms with Gasteiger partial charge in [0.1, 0.15) is 18.3 Å². The van der Waals surface area contributed by atoms with Gasteiger partial charge >= 0.3 is 0 Å². The van der Waals surface area contributed by atoms with E-state index in [0.717, 1.165) is 11.1 Å². The minimum atomic E-state index is -0.0334. The highest BCUT2D eigenvalue weighted by Crippen LogP contribution is 2.29. The minimum Gasteiger partial charge on any atom is -0.371 e. The lowest BCUT2D eigenvalue weighted by molar-refractivity contribution is -0.0393. The van der Waals surface area contributed by atoms with Crippen molar-refractivity contribution in [3.05, 3.63) is 71.3 Å². The fourth-order valence-electron chi connectivity index (χ4n) is 3.56. The van der Waals surface area contributed by atoms with Gasteiger partial charge in [-0.3, -0.25) is 0 Å². The van der Waals surface area contributed by atoms with Gasteiger partial charge in [-0.05, 0) is 23.3 Å². The summed E-state index contributed by atoms with van der Waals surface area (Å²) in [4.78, 5) is 0. The third-order valence-electron chi connectivity index (χ3n) is 4.94. The molecule has 0 spiro atoms. The van der Waals surface area contributed by atoms with Crippen LogP contribution in [0, 0.1) is 11.3 Å². The molecule has 0 aliphatic carbocycles. The van der Waals surface area contributed by atoms with Crippen LogP contribution in [0.25, 0.3) is 0 Å². The summed E-state index contributed by atoms with van der Waals surface area (Å²) in [6.07, 6.45) is -0.0505. The molecule has 2 aromatic carbocycles. The molecule has 0 amide bonds. The molecule has 0 aromatic heterocycles. The maximum atomic E-state index is 9.00. The molecule has 0 bridgehead atoms. The highest BCUT2D eigenvalue weighted by atomic mass is 16.6. The fourth-order valence-corrected chi connectivity index (χ4v) is 3.56. The standard InChI is InChI=1S/C21H22N2O3/c22-10-16-7-4-8-17(9-16)11-23-18-13-25-21-19(14-26-20(18)21)24-12-15-5-2-1-3-6-15/h1-9,18-21,23H,11-14H2. The first kappa shape index (κ1) is 17.2. The smallest absolute Gasteiger partial charge is 0.114 e. The van der Waals surface area contributed by atoms with Crippen molar-refractivity contribution in [3.63, 3.8) is 0 Å². The maximum Gasteiger partial charge on any atom is 0.114 e. The van der Waals surface area contributed by atoms with Crippen molar-refractivity contribution >= 4 is 0 Å². The molecule has 2 heterocycles.